The average molecular weight is 333 g/mol. The smallest absolute Gasteiger partial charge is 0.907 e. The first-order valence-electron chi connectivity index (χ1n) is 0.707. The molecule has 0 atom stereocenters. The van der Waals surface area contributed by atoms with Crippen LogP contribution in [-0.4, -0.2) is 33.5 Å². The fourth-order valence-electron chi connectivity index (χ4n) is 0. The minimum Gasteiger partial charge on any atom is -0.907 e. The molecule has 0 fully saturated rings. The van der Waals surface area contributed by atoms with E-state index < -0.39 is 7.32 Å². The molecule has 6 heavy (non-hydrogen) atoms. The van der Waals surface area contributed by atoms with Crippen molar-refractivity contribution in [3.63, 3.8) is 0 Å². The maximum absolute atomic E-state index is 8.42. The van der Waals surface area contributed by atoms with E-state index in [1.165, 1.54) is 0 Å². The van der Waals surface area contributed by atoms with Gasteiger partial charge in [0.05, 0.1) is 0 Å². The molecule has 0 N–H and O–H groups in total. The minimum absolute atomic E-state index is 0. The van der Waals surface area contributed by atoms with Crippen LogP contribution >= 0.6 is 0 Å². The van der Waals surface area contributed by atoms with Crippen molar-refractivity contribution in [2.45, 2.75) is 0 Å². The second-order valence-electron chi connectivity index (χ2n) is 0.289. The quantitative estimate of drug-likeness (QED) is 0.421. The zero-order chi connectivity index (χ0) is 3.58. The zero-order valence-corrected chi connectivity index (χ0v) is 9.40. The van der Waals surface area contributed by atoms with Crippen LogP contribution in [-0.2, 0) is 19.5 Å². The van der Waals surface area contributed by atoms with Crippen LogP contribution in [0.5, 0.6) is 0 Å². The van der Waals surface area contributed by atoms with Crippen molar-refractivity contribution in [2.24, 2.45) is 0 Å². The van der Waals surface area contributed by atoms with Crippen molar-refractivity contribution in [3.05, 3.63) is 0 Å². The molecule has 0 unspecified atom stereocenters. The van der Waals surface area contributed by atoms with Gasteiger partial charge < -0.3 is 15.1 Å². The Hall–Kier alpha value is 1.45. The third-order valence-electron chi connectivity index (χ3n) is 0. The third kappa shape index (κ3) is 51.3. The largest absolute Gasteiger partial charge is 3.00 e. The van der Waals surface area contributed by atoms with Gasteiger partial charge >= 0.3 is 45.7 Å². The molecule has 0 aromatic rings. The molecule has 0 amide bonds. The van der Waals surface area contributed by atoms with Gasteiger partial charge in [-0.25, -0.2) is 0 Å². The first-order valence-corrected chi connectivity index (χ1v) is 0.707. The van der Waals surface area contributed by atoms with Gasteiger partial charge in [0.25, 0.3) is 0 Å². The van der Waals surface area contributed by atoms with Crippen LogP contribution in [0.3, 0.4) is 0 Å². The van der Waals surface area contributed by atoms with E-state index in [1.54, 1.807) is 0 Å². The summed E-state index contributed by atoms with van der Waals surface area (Å²) in [6.45, 7) is 0. The molecule has 3 nitrogen and oxygen atoms in total. The monoisotopic (exact) mass is 332 g/mol. The Balaban J connectivity index is -0.0000000450. The fourth-order valence-corrected chi connectivity index (χ4v) is 0. The van der Waals surface area contributed by atoms with Crippen LogP contribution in [0.25, 0.3) is 0 Å². The predicted molar refractivity (Wildman–Crippen MR) is 11.5 cm³/mol. The first-order chi connectivity index (χ1) is 1.73. The minimum atomic E-state index is -2.92. The van der Waals surface area contributed by atoms with Crippen LogP contribution in [0.1, 0.15) is 0 Å². The molecule has 0 aromatic heterocycles. The van der Waals surface area contributed by atoms with Crippen molar-refractivity contribution < 1.29 is 34.6 Å². The molecule has 0 aliphatic carbocycles. The van der Waals surface area contributed by atoms with Crippen molar-refractivity contribution in [1.82, 2.24) is 0 Å². The summed E-state index contributed by atoms with van der Waals surface area (Å²) in [6.07, 6.45) is 0. The molecule has 0 aliphatic rings. The van der Waals surface area contributed by atoms with Crippen LogP contribution < -0.4 is 15.1 Å². The molecule has 26 valence electrons. The van der Waals surface area contributed by atoms with Crippen molar-refractivity contribution >= 4 is 33.5 Å². The molecular weight excluding hydrogens is 333 g/mol. The summed E-state index contributed by atoms with van der Waals surface area (Å²) < 4.78 is 0. The second kappa shape index (κ2) is 9.68. The van der Waals surface area contributed by atoms with Gasteiger partial charge in [-0.15, -0.1) is 0 Å². The molecule has 0 rings (SSSR count). The Kier molecular flexibility index (Phi) is 25.2. The molecule has 0 bridgehead atoms. The van der Waals surface area contributed by atoms with E-state index in [0.29, 0.717) is 0 Å². The van der Waals surface area contributed by atoms with Gasteiger partial charge in [0.1, 0.15) is 0 Å². The van der Waals surface area contributed by atoms with E-state index in [-0.39, 0.29) is 45.7 Å². The topological polar surface area (TPSA) is 69.2 Å². The Morgan fingerprint density at radius 2 is 1.00 bits per heavy atom. The van der Waals surface area contributed by atoms with Gasteiger partial charge in [-0.05, 0) is 0 Å². The average Bonchev–Trinajstić information content (AvgIpc) is 0.811. The summed E-state index contributed by atoms with van der Waals surface area (Å²) in [5.74, 6) is 0. The summed E-state index contributed by atoms with van der Waals surface area (Å²) >= 11 is 0. The maximum Gasteiger partial charge on any atom is 3.00 e. The molecule has 0 heterocycles. The Morgan fingerprint density at radius 3 is 1.00 bits per heavy atom. The molecule has 0 saturated carbocycles. The van der Waals surface area contributed by atoms with E-state index in [4.69, 9.17) is 15.1 Å². The van der Waals surface area contributed by atoms with Crippen molar-refractivity contribution in [2.75, 3.05) is 0 Å². The fraction of sp³-hybridized carbons (Fsp3) is 0. The molecule has 0 saturated heterocycles. The van der Waals surface area contributed by atoms with Gasteiger partial charge in [0.2, 0.25) is 0 Å². The van der Waals surface area contributed by atoms with Crippen LogP contribution in [0.4, 0.5) is 0 Å². The maximum atomic E-state index is 8.42. The summed E-state index contributed by atoms with van der Waals surface area (Å²) in [5.41, 5.74) is 0. The van der Waals surface area contributed by atoms with E-state index in [9.17, 15) is 0 Å². The Morgan fingerprint density at radius 1 is 1.00 bits per heavy atom. The summed E-state index contributed by atoms with van der Waals surface area (Å²) in [7, 11) is -2.92. The first kappa shape index (κ1) is 15.7. The molecule has 2 radical (unpaired) electrons. The van der Waals surface area contributed by atoms with Crippen LogP contribution in [0.2, 0.25) is 0 Å². The van der Waals surface area contributed by atoms with Gasteiger partial charge in [0, 0.05) is 0 Å². The van der Waals surface area contributed by atoms with E-state index in [0.717, 1.165) is 0 Å². The van der Waals surface area contributed by atoms with Crippen molar-refractivity contribution in [1.29, 1.82) is 0 Å². The van der Waals surface area contributed by atoms with Gasteiger partial charge in [-0.1, -0.05) is 0 Å². The molecule has 0 aromatic carbocycles. The summed E-state index contributed by atoms with van der Waals surface area (Å²) in [5, 5.41) is 25.2. The number of hydrogen-bond acceptors (Lipinski definition) is 3. The Labute approximate surface area is 67.8 Å². The van der Waals surface area contributed by atoms with Gasteiger partial charge in [0.15, 0.2) is 0 Å². The van der Waals surface area contributed by atoms with E-state index in [2.05, 4.69) is 0 Å². The van der Waals surface area contributed by atoms with Crippen LogP contribution in [0, 0.1) is 0 Å². The zero-order valence-electron chi connectivity index (χ0n) is 2.96. The molecule has 6 heteroatoms. The normalized spacial score (nSPS) is 4.50. The van der Waals surface area contributed by atoms with E-state index in [1.807, 2.05) is 0 Å². The Bertz CT molecular complexity index is 15.5. The second-order valence-corrected chi connectivity index (χ2v) is 0.289. The van der Waals surface area contributed by atoms with Gasteiger partial charge in [-0.3, -0.25) is 7.32 Å². The molecule has 0 spiro atoms. The SMILES string of the molecule is [Bi+3].[O-]B([O-])[O-].[Zn+2]. The van der Waals surface area contributed by atoms with E-state index >= 15 is 0 Å². The standard InChI is InChI=1S/BO3.Bi.Zn/c2-1(3)4;;/q-3;+3;+2. The van der Waals surface area contributed by atoms with Crippen molar-refractivity contribution in [3.8, 4) is 0 Å². The third-order valence-corrected chi connectivity index (χ3v) is 0. The van der Waals surface area contributed by atoms with Gasteiger partial charge in [-0.2, -0.15) is 0 Å². The van der Waals surface area contributed by atoms with Crippen LogP contribution in [0.15, 0.2) is 0 Å². The predicted octanol–water partition coefficient (Wildman–Crippen LogP) is -4.33. The molecular formula is BBiO3Zn+2. The number of rotatable bonds is 0. The summed E-state index contributed by atoms with van der Waals surface area (Å²) in [6, 6.07) is 0. The number of hydrogen-bond donors (Lipinski definition) is 0. The molecule has 0 aliphatic heterocycles. The summed E-state index contributed by atoms with van der Waals surface area (Å²) in [4.78, 5) is 0.